The number of ether oxygens (including phenoxy) is 1. The molecule has 19 heavy (non-hydrogen) atoms. The lowest BCUT2D eigenvalue weighted by molar-refractivity contribution is 0.220. The summed E-state index contributed by atoms with van der Waals surface area (Å²) in [7, 11) is 0. The summed E-state index contributed by atoms with van der Waals surface area (Å²) in [5.41, 5.74) is 1.32. The van der Waals surface area contributed by atoms with Gasteiger partial charge in [-0.25, -0.2) is 0 Å². The zero-order chi connectivity index (χ0) is 13.5. The molecule has 1 N–H and O–H groups in total. The van der Waals surface area contributed by atoms with Gasteiger partial charge in [0.05, 0.1) is 0 Å². The van der Waals surface area contributed by atoms with Crippen molar-refractivity contribution in [2.24, 2.45) is 0 Å². The minimum absolute atomic E-state index is 0.625. The molecule has 0 saturated heterocycles. The van der Waals surface area contributed by atoms with E-state index in [4.69, 9.17) is 4.74 Å². The lowest BCUT2D eigenvalue weighted by Crippen LogP contribution is -2.30. The molecule has 1 aliphatic rings. The fourth-order valence-electron chi connectivity index (χ4n) is 2.64. The highest BCUT2D eigenvalue weighted by molar-refractivity contribution is 5.33. The predicted octanol–water partition coefficient (Wildman–Crippen LogP) is 2.66. The Morgan fingerprint density at radius 3 is 3.05 bits per heavy atom. The Labute approximate surface area is 116 Å². The lowest BCUT2D eigenvalue weighted by atomic mass is 10.1. The molecule has 106 valence electrons. The van der Waals surface area contributed by atoms with Gasteiger partial charge in [0.15, 0.2) is 0 Å². The average molecular weight is 262 g/mol. The first-order valence-corrected chi connectivity index (χ1v) is 7.46. The molecular weight excluding hydrogens is 236 g/mol. The largest absolute Gasteiger partial charge is 0.492 e. The Bertz CT molecular complexity index is 381. The van der Waals surface area contributed by atoms with Gasteiger partial charge in [0, 0.05) is 24.7 Å². The summed E-state index contributed by atoms with van der Waals surface area (Å²) < 4.78 is 5.79. The zero-order valence-corrected chi connectivity index (χ0v) is 12.2. The van der Waals surface area contributed by atoms with E-state index in [2.05, 4.69) is 42.3 Å². The molecule has 0 saturated carbocycles. The van der Waals surface area contributed by atoms with Gasteiger partial charge in [-0.3, -0.25) is 4.90 Å². The van der Waals surface area contributed by atoms with Gasteiger partial charge in [-0.05, 0) is 38.9 Å². The van der Waals surface area contributed by atoms with E-state index < -0.39 is 0 Å². The first kappa shape index (κ1) is 14.4. The highest BCUT2D eigenvalue weighted by Crippen LogP contribution is 2.22. The molecule has 2 rings (SSSR count). The van der Waals surface area contributed by atoms with Crippen molar-refractivity contribution in [2.75, 3.05) is 26.2 Å². The number of para-hydroxylation sites is 1. The van der Waals surface area contributed by atoms with Gasteiger partial charge in [0.25, 0.3) is 0 Å². The number of fused-ring (bicyclic) bond motifs is 1. The normalized spacial score (nSPS) is 17.4. The molecule has 1 unspecified atom stereocenters. The number of nitrogens with zero attached hydrogens (tertiary/aromatic N) is 1. The molecule has 1 atom stereocenters. The molecule has 0 spiro atoms. The van der Waals surface area contributed by atoms with Crippen LogP contribution in [0.4, 0.5) is 0 Å². The van der Waals surface area contributed by atoms with E-state index in [1.165, 1.54) is 18.4 Å². The summed E-state index contributed by atoms with van der Waals surface area (Å²) >= 11 is 0. The fourth-order valence-corrected chi connectivity index (χ4v) is 2.64. The van der Waals surface area contributed by atoms with Crippen LogP contribution in [0.5, 0.6) is 5.75 Å². The van der Waals surface area contributed by atoms with Crippen LogP contribution in [-0.2, 0) is 6.54 Å². The standard InChI is InChI=1S/C16H26N2O/c1-3-17-14(2)7-6-10-18-11-12-19-16-9-5-4-8-15(16)13-18/h4-5,8-9,14,17H,3,6-7,10-13H2,1-2H3. The lowest BCUT2D eigenvalue weighted by Gasteiger charge is -2.20. The molecule has 0 amide bonds. The summed E-state index contributed by atoms with van der Waals surface area (Å²) in [6.07, 6.45) is 2.49. The molecule has 1 heterocycles. The number of rotatable bonds is 6. The Morgan fingerprint density at radius 2 is 2.21 bits per heavy atom. The molecular formula is C16H26N2O. The summed E-state index contributed by atoms with van der Waals surface area (Å²) in [5.74, 6) is 1.06. The highest BCUT2D eigenvalue weighted by Gasteiger charge is 2.14. The van der Waals surface area contributed by atoms with Crippen molar-refractivity contribution in [1.29, 1.82) is 0 Å². The van der Waals surface area contributed by atoms with Crippen LogP contribution in [0.1, 0.15) is 32.3 Å². The van der Waals surface area contributed by atoms with Crippen LogP contribution in [0.15, 0.2) is 24.3 Å². The number of hydrogen-bond acceptors (Lipinski definition) is 3. The van der Waals surface area contributed by atoms with Crippen LogP contribution in [-0.4, -0.2) is 37.2 Å². The van der Waals surface area contributed by atoms with Crippen LogP contribution in [0.3, 0.4) is 0 Å². The number of hydrogen-bond donors (Lipinski definition) is 1. The van der Waals surface area contributed by atoms with Crippen molar-refractivity contribution in [3.05, 3.63) is 29.8 Å². The third-order valence-corrected chi connectivity index (χ3v) is 3.70. The van der Waals surface area contributed by atoms with Crippen molar-refractivity contribution >= 4 is 0 Å². The predicted molar refractivity (Wildman–Crippen MR) is 79.6 cm³/mol. The molecule has 1 aromatic rings. The molecule has 0 fully saturated rings. The van der Waals surface area contributed by atoms with Crippen molar-refractivity contribution in [3.8, 4) is 5.75 Å². The van der Waals surface area contributed by atoms with Crippen molar-refractivity contribution in [3.63, 3.8) is 0 Å². The van der Waals surface area contributed by atoms with E-state index in [1.54, 1.807) is 0 Å². The Balaban J connectivity index is 1.79. The minimum Gasteiger partial charge on any atom is -0.492 e. The van der Waals surface area contributed by atoms with Crippen molar-refractivity contribution < 1.29 is 4.74 Å². The molecule has 1 aromatic carbocycles. The van der Waals surface area contributed by atoms with Gasteiger partial charge in [0.1, 0.15) is 12.4 Å². The number of benzene rings is 1. The van der Waals surface area contributed by atoms with E-state index >= 15 is 0 Å². The SMILES string of the molecule is CCNC(C)CCCN1CCOc2ccccc2C1. The topological polar surface area (TPSA) is 24.5 Å². The Kier molecular flexibility index (Phi) is 5.67. The summed E-state index contributed by atoms with van der Waals surface area (Å²) in [6.45, 7) is 9.51. The van der Waals surface area contributed by atoms with Crippen molar-refractivity contribution in [2.45, 2.75) is 39.3 Å². The third kappa shape index (κ3) is 4.51. The second kappa shape index (κ2) is 7.51. The second-order valence-electron chi connectivity index (χ2n) is 5.33. The van der Waals surface area contributed by atoms with Gasteiger partial charge in [-0.15, -0.1) is 0 Å². The summed E-state index contributed by atoms with van der Waals surface area (Å²) in [6, 6.07) is 9.02. The second-order valence-corrected chi connectivity index (χ2v) is 5.33. The monoisotopic (exact) mass is 262 g/mol. The zero-order valence-electron chi connectivity index (χ0n) is 12.2. The Hall–Kier alpha value is -1.06. The van der Waals surface area contributed by atoms with Gasteiger partial charge < -0.3 is 10.1 Å². The van der Waals surface area contributed by atoms with Gasteiger partial charge in [-0.2, -0.15) is 0 Å². The van der Waals surface area contributed by atoms with Crippen LogP contribution >= 0.6 is 0 Å². The van der Waals surface area contributed by atoms with Crippen LogP contribution in [0.25, 0.3) is 0 Å². The van der Waals surface area contributed by atoms with Crippen LogP contribution in [0.2, 0.25) is 0 Å². The van der Waals surface area contributed by atoms with Crippen molar-refractivity contribution in [1.82, 2.24) is 10.2 Å². The molecule has 0 aromatic heterocycles. The van der Waals surface area contributed by atoms with Gasteiger partial charge in [-0.1, -0.05) is 25.1 Å². The van der Waals surface area contributed by atoms with E-state index in [0.717, 1.165) is 38.5 Å². The van der Waals surface area contributed by atoms with Gasteiger partial charge >= 0.3 is 0 Å². The highest BCUT2D eigenvalue weighted by atomic mass is 16.5. The van der Waals surface area contributed by atoms with Crippen LogP contribution in [0, 0.1) is 0 Å². The summed E-state index contributed by atoms with van der Waals surface area (Å²) in [4.78, 5) is 2.50. The fraction of sp³-hybridized carbons (Fsp3) is 0.625. The molecule has 0 aliphatic carbocycles. The van der Waals surface area contributed by atoms with E-state index in [-0.39, 0.29) is 0 Å². The quantitative estimate of drug-likeness (QED) is 0.853. The maximum absolute atomic E-state index is 5.79. The summed E-state index contributed by atoms with van der Waals surface area (Å²) in [5, 5.41) is 3.47. The van der Waals surface area contributed by atoms with E-state index in [1.807, 2.05) is 6.07 Å². The maximum Gasteiger partial charge on any atom is 0.123 e. The molecule has 0 bridgehead atoms. The maximum atomic E-state index is 5.79. The molecule has 0 radical (unpaired) electrons. The first-order valence-electron chi connectivity index (χ1n) is 7.46. The smallest absolute Gasteiger partial charge is 0.123 e. The van der Waals surface area contributed by atoms with Crippen LogP contribution < -0.4 is 10.1 Å². The van der Waals surface area contributed by atoms with E-state index in [0.29, 0.717) is 6.04 Å². The van der Waals surface area contributed by atoms with E-state index in [9.17, 15) is 0 Å². The molecule has 3 heteroatoms. The minimum atomic E-state index is 0.625. The third-order valence-electron chi connectivity index (χ3n) is 3.70. The number of nitrogens with one attached hydrogen (secondary N) is 1. The molecule has 1 aliphatic heterocycles. The Morgan fingerprint density at radius 1 is 1.37 bits per heavy atom. The molecule has 3 nitrogen and oxygen atoms in total. The average Bonchev–Trinajstić information content (AvgIpc) is 2.60. The first-order chi connectivity index (χ1) is 9.29. The van der Waals surface area contributed by atoms with Gasteiger partial charge in [0.2, 0.25) is 0 Å².